The van der Waals surface area contributed by atoms with E-state index in [1.54, 1.807) is 13.8 Å². The molecule has 1 rings (SSSR count). The summed E-state index contributed by atoms with van der Waals surface area (Å²) in [5, 5.41) is 9.18. The van der Waals surface area contributed by atoms with Crippen LogP contribution in [-0.4, -0.2) is 18.4 Å². The molecule has 1 aromatic rings. The molecule has 1 aromatic carbocycles. The van der Waals surface area contributed by atoms with E-state index in [1.807, 2.05) is 0 Å². The van der Waals surface area contributed by atoms with Crippen molar-refractivity contribution in [3.63, 3.8) is 0 Å². The summed E-state index contributed by atoms with van der Waals surface area (Å²) < 4.78 is 42.0. The first-order valence-electron chi connectivity index (χ1n) is 4.68. The second-order valence-corrected chi connectivity index (χ2v) is 3.57. The van der Waals surface area contributed by atoms with Crippen LogP contribution in [0.5, 0.6) is 5.75 Å². The lowest BCUT2D eigenvalue weighted by Gasteiger charge is -2.19. The molecular formula is C11H13F3O2. The SMILES string of the molecule is COc1c([C@@H](O)C(F)(F)F)ccc(C)c1C. The van der Waals surface area contributed by atoms with Crippen LogP contribution in [0.4, 0.5) is 13.2 Å². The van der Waals surface area contributed by atoms with Gasteiger partial charge in [0.1, 0.15) is 5.75 Å². The third-order valence-electron chi connectivity index (χ3n) is 2.52. The van der Waals surface area contributed by atoms with Crippen molar-refractivity contribution in [2.45, 2.75) is 26.1 Å². The number of methoxy groups -OCH3 is 1. The lowest BCUT2D eigenvalue weighted by atomic mass is 10.0. The minimum atomic E-state index is -4.69. The van der Waals surface area contributed by atoms with E-state index in [1.165, 1.54) is 19.2 Å². The first-order chi connectivity index (χ1) is 7.29. The van der Waals surface area contributed by atoms with E-state index in [2.05, 4.69) is 0 Å². The molecule has 0 spiro atoms. The van der Waals surface area contributed by atoms with E-state index in [4.69, 9.17) is 4.74 Å². The fraction of sp³-hybridized carbons (Fsp3) is 0.455. The Labute approximate surface area is 91.7 Å². The topological polar surface area (TPSA) is 29.5 Å². The van der Waals surface area contributed by atoms with Crippen LogP contribution in [0.3, 0.4) is 0 Å². The second kappa shape index (κ2) is 4.33. The van der Waals surface area contributed by atoms with Crippen molar-refractivity contribution in [3.05, 3.63) is 28.8 Å². The van der Waals surface area contributed by atoms with Gasteiger partial charge in [0.2, 0.25) is 0 Å². The number of rotatable bonds is 2. The van der Waals surface area contributed by atoms with Crippen LogP contribution in [0.1, 0.15) is 22.8 Å². The quantitative estimate of drug-likeness (QED) is 0.852. The van der Waals surface area contributed by atoms with Gasteiger partial charge in [0.05, 0.1) is 7.11 Å². The molecule has 5 heteroatoms. The maximum Gasteiger partial charge on any atom is 0.418 e. The summed E-state index contributed by atoms with van der Waals surface area (Å²) in [6, 6.07) is 2.77. The van der Waals surface area contributed by atoms with Gasteiger partial charge in [-0.25, -0.2) is 0 Å². The van der Waals surface area contributed by atoms with Crippen LogP contribution in [0.15, 0.2) is 12.1 Å². The van der Waals surface area contributed by atoms with Crippen LogP contribution >= 0.6 is 0 Å². The molecule has 0 saturated heterocycles. The third kappa shape index (κ3) is 2.29. The molecule has 0 heterocycles. The van der Waals surface area contributed by atoms with Gasteiger partial charge in [-0.3, -0.25) is 0 Å². The summed E-state index contributed by atoms with van der Waals surface area (Å²) in [6.07, 6.45) is -7.20. The summed E-state index contributed by atoms with van der Waals surface area (Å²) in [7, 11) is 1.29. The van der Waals surface area contributed by atoms with Gasteiger partial charge in [0, 0.05) is 5.56 Å². The first-order valence-corrected chi connectivity index (χ1v) is 4.68. The second-order valence-electron chi connectivity index (χ2n) is 3.57. The van der Waals surface area contributed by atoms with Gasteiger partial charge >= 0.3 is 6.18 Å². The molecule has 1 atom stereocenters. The van der Waals surface area contributed by atoms with Gasteiger partial charge in [-0.05, 0) is 25.0 Å². The first kappa shape index (κ1) is 12.8. The summed E-state index contributed by atoms with van der Waals surface area (Å²) >= 11 is 0. The van der Waals surface area contributed by atoms with Crippen LogP contribution in [0.25, 0.3) is 0 Å². The van der Waals surface area contributed by atoms with Crippen molar-refractivity contribution >= 4 is 0 Å². The van der Waals surface area contributed by atoms with Gasteiger partial charge in [0.25, 0.3) is 0 Å². The number of ether oxygens (including phenoxy) is 1. The predicted molar refractivity (Wildman–Crippen MR) is 53.5 cm³/mol. The minimum Gasteiger partial charge on any atom is -0.496 e. The summed E-state index contributed by atoms with van der Waals surface area (Å²) in [4.78, 5) is 0. The highest BCUT2D eigenvalue weighted by Gasteiger charge is 2.41. The molecular weight excluding hydrogens is 221 g/mol. The summed E-state index contributed by atoms with van der Waals surface area (Å²) in [6.45, 7) is 3.42. The van der Waals surface area contributed by atoms with E-state index in [0.29, 0.717) is 5.56 Å². The van der Waals surface area contributed by atoms with E-state index in [0.717, 1.165) is 5.56 Å². The standard InChI is InChI=1S/C11H13F3O2/c1-6-4-5-8(9(16-3)7(6)2)10(15)11(12,13)14/h4-5,10,15H,1-3H3/t10-/m1/s1. The average Bonchev–Trinajstić information content (AvgIpc) is 2.19. The Bertz CT molecular complexity index is 386. The number of aryl methyl sites for hydroxylation is 1. The Morgan fingerprint density at radius 3 is 2.25 bits per heavy atom. The number of halogens is 3. The number of hydrogen-bond acceptors (Lipinski definition) is 2. The van der Waals surface area contributed by atoms with Crippen LogP contribution in [-0.2, 0) is 0 Å². The molecule has 1 N–H and O–H groups in total. The zero-order chi connectivity index (χ0) is 12.5. The van der Waals surface area contributed by atoms with Crippen molar-refractivity contribution in [1.82, 2.24) is 0 Å². The number of alkyl halides is 3. The van der Waals surface area contributed by atoms with E-state index in [9.17, 15) is 18.3 Å². The fourth-order valence-corrected chi connectivity index (χ4v) is 1.47. The lowest BCUT2D eigenvalue weighted by molar-refractivity contribution is -0.207. The lowest BCUT2D eigenvalue weighted by Crippen LogP contribution is -2.21. The molecule has 2 nitrogen and oxygen atoms in total. The Kier molecular flexibility index (Phi) is 3.48. The van der Waals surface area contributed by atoms with Crippen molar-refractivity contribution in [2.75, 3.05) is 7.11 Å². The fourth-order valence-electron chi connectivity index (χ4n) is 1.47. The number of hydrogen-bond donors (Lipinski definition) is 1. The highest BCUT2D eigenvalue weighted by molar-refractivity contribution is 5.46. The van der Waals surface area contributed by atoms with Gasteiger partial charge in [-0.2, -0.15) is 13.2 Å². The van der Waals surface area contributed by atoms with E-state index >= 15 is 0 Å². The van der Waals surface area contributed by atoms with Crippen LogP contribution < -0.4 is 4.74 Å². The van der Waals surface area contributed by atoms with Crippen LogP contribution in [0.2, 0.25) is 0 Å². The minimum absolute atomic E-state index is 0.0878. The average molecular weight is 234 g/mol. The van der Waals surface area contributed by atoms with Gasteiger partial charge in [-0.1, -0.05) is 12.1 Å². The summed E-state index contributed by atoms with van der Waals surface area (Å²) in [5.41, 5.74) is 1.16. The highest BCUT2D eigenvalue weighted by atomic mass is 19.4. The van der Waals surface area contributed by atoms with Gasteiger partial charge in [0.15, 0.2) is 6.10 Å². The van der Waals surface area contributed by atoms with Crippen molar-refractivity contribution in [1.29, 1.82) is 0 Å². The van der Waals surface area contributed by atoms with Crippen molar-refractivity contribution < 1.29 is 23.0 Å². The van der Waals surface area contributed by atoms with Crippen molar-refractivity contribution in [3.8, 4) is 5.75 Å². The van der Waals surface area contributed by atoms with E-state index in [-0.39, 0.29) is 11.3 Å². The number of aliphatic hydroxyl groups excluding tert-OH is 1. The van der Waals surface area contributed by atoms with E-state index < -0.39 is 12.3 Å². The molecule has 0 aromatic heterocycles. The number of aliphatic hydroxyl groups is 1. The monoisotopic (exact) mass is 234 g/mol. The molecule has 0 aliphatic rings. The summed E-state index contributed by atoms with van der Waals surface area (Å²) in [5.74, 6) is 0.0878. The van der Waals surface area contributed by atoms with Crippen LogP contribution in [0, 0.1) is 13.8 Å². The molecule has 0 unspecified atom stereocenters. The van der Waals surface area contributed by atoms with Gasteiger partial charge in [-0.15, -0.1) is 0 Å². The maximum atomic E-state index is 12.4. The normalized spacial score (nSPS) is 13.7. The molecule has 16 heavy (non-hydrogen) atoms. The Hall–Kier alpha value is -1.23. The largest absolute Gasteiger partial charge is 0.496 e. The van der Waals surface area contributed by atoms with Gasteiger partial charge < -0.3 is 9.84 Å². The highest BCUT2D eigenvalue weighted by Crippen LogP contribution is 2.39. The smallest absolute Gasteiger partial charge is 0.418 e. The molecule has 0 radical (unpaired) electrons. The Morgan fingerprint density at radius 2 is 1.81 bits per heavy atom. The third-order valence-corrected chi connectivity index (χ3v) is 2.52. The molecule has 0 amide bonds. The molecule has 0 aliphatic heterocycles. The zero-order valence-electron chi connectivity index (χ0n) is 9.22. The van der Waals surface area contributed by atoms with Crippen molar-refractivity contribution in [2.24, 2.45) is 0 Å². The predicted octanol–water partition coefficient (Wildman–Crippen LogP) is 2.91. The maximum absolute atomic E-state index is 12.4. The molecule has 0 bridgehead atoms. The molecule has 0 fully saturated rings. The zero-order valence-corrected chi connectivity index (χ0v) is 9.22. The molecule has 0 saturated carbocycles. The number of benzene rings is 1. The molecule has 0 aliphatic carbocycles. The Morgan fingerprint density at radius 1 is 1.25 bits per heavy atom. The Balaban J connectivity index is 3.30. The molecule has 90 valence electrons.